The van der Waals surface area contributed by atoms with Gasteiger partial charge >= 0.3 is 45.2 Å². The van der Waals surface area contributed by atoms with Gasteiger partial charge < -0.3 is 9.59 Å². The SMILES string of the molecule is C[C-]=O.C[C-]=O.[C-]#[O+].[C-]#[O+].[C-]#[O+].[C-]#[O+].[Re]. The van der Waals surface area contributed by atoms with Crippen molar-refractivity contribution >= 4 is 12.6 Å². The van der Waals surface area contributed by atoms with E-state index < -0.39 is 0 Å². The molecule has 0 aromatic heterocycles. The van der Waals surface area contributed by atoms with Crippen molar-refractivity contribution in [1.29, 1.82) is 0 Å². The number of carbonyl (C=O) groups excluding carboxylic acids is 2. The molecule has 0 fully saturated rings. The molecule has 0 bridgehead atoms. The van der Waals surface area contributed by atoms with E-state index in [1.165, 1.54) is 26.4 Å². The standard InChI is InChI=1S/2C2H3O.4CO.Re/c2*1-2-3;4*1-2;/h2*1H3;;;;;/q2*-1;;;;;. The van der Waals surface area contributed by atoms with Gasteiger partial charge in [0.25, 0.3) is 0 Å². The molecular weight excluding hydrogens is 378 g/mol. The summed E-state index contributed by atoms with van der Waals surface area (Å²) >= 11 is 0. The summed E-state index contributed by atoms with van der Waals surface area (Å²) in [5.74, 6) is 0. The molecule has 0 rings (SSSR count). The average Bonchev–Trinajstić information content (AvgIpc) is 2.31. The van der Waals surface area contributed by atoms with Crippen LogP contribution in [0.25, 0.3) is 0 Å². The zero-order valence-corrected chi connectivity index (χ0v) is 10.5. The third-order valence-electron chi connectivity index (χ3n) is 0. The van der Waals surface area contributed by atoms with Crippen molar-refractivity contribution < 1.29 is 48.6 Å². The Morgan fingerprint density at radius 1 is 0.667 bits per heavy atom. The molecule has 0 saturated heterocycles. The van der Waals surface area contributed by atoms with E-state index in [0.717, 1.165) is 0 Å². The first kappa shape index (κ1) is 48.4. The largest absolute Gasteiger partial charge is 0 e. The minimum absolute atomic E-state index is 0. The van der Waals surface area contributed by atoms with E-state index in [0.29, 0.717) is 0 Å². The number of rotatable bonds is 0. The number of hydrogen-bond donors (Lipinski definition) is 0. The minimum Gasteiger partial charge on any atom is 0 e. The molecule has 0 saturated carbocycles. The van der Waals surface area contributed by atoms with Crippen LogP contribution in [0.2, 0.25) is 0 Å². The van der Waals surface area contributed by atoms with Crippen LogP contribution >= 0.6 is 0 Å². The molecule has 0 aliphatic heterocycles. The molecule has 0 heterocycles. The summed E-state index contributed by atoms with van der Waals surface area (Å²) in [7, 11) is 0. The zero-order valence-electron chi connectivity index (χ0n) is 7.83. The Kier molecular flexibility index (Phi) is 6460. The summed E-state index contributed by atoms with van der Waals surface area (Å²) in [6, 6.07) is 0. The second kappa shape index (κ2) is 2000. The topological polar surface area (TPSA) is 114 Å². The molecule has 0 amide bonds. The maximum atomic E-state index is 8.68. The van der Waals surface area contributed by atoms with E-state index in [4.69, 9.17) is 28.2 Å². The Bertz CT molecular complexity index is 116. The average molecular weight is 384 g/mol. The Morgan fingerprint density at radius 3 is 0.667 bits per heavy atom. The molecule has 0 aliphatic rings. The molecule has 0 aliphatic carbocycles. The normalized spacial score (nSPS) is 2.27. The van der Waals surface area contributed by atoms with Gasteiger partial charge in [-0.3, -0.25) is 12.6 Å². The van der Waals surface area contributed by atoms with Gasteiger partial charge in [0.2, 0.25) is 0 Å². The van der Waals surface area contributed by atoms with E-state index in [9.17, 15) is 0 Å². The third-order valence-corrected chi connectivity index (χ3v) is 0. The number of hydrogen-bond acceptors (Lipinski definition) is 2. The summed E-state index contributed by atoms with van der Waals surface area (Å²) < 4.78 is 30.0. The van der Waals surface area contributed by atoms with E-state index in [1.807, 2.05) is 0 Å². The van der Waals surface area contributed by atoms with Gasteiger partial charge in [0.05, 0.1) is 0 Å². The first-order chi connectivity index (χ1) is 6.83. The summed E-state index contributed by atoms with van der Waals surface area (Å²) in [5.41, 5.74) is 0. The smallest absolute Gasteiger partial charge is 0 e. The van der Waals surface area contributed by atoms with Crippen LogP contribution in [0.1, 0.15) is 13.8 Å². The first-order valence-electron chi connectivity index (χ1n) is 2.22. The second-order valence-corrected chi connectivity index (χ2v) is 0.408. The summed E-state index contributed by atoms with van der Waals surface area (Å²) in [5, 5.41) is 0. The van der Waals surface area contributed by atoms with Crippen LogP contribution in [0.5, 0.6) is 0 Å². The minimum atomic E-state index is 0. The van der Waals surface area contributed by atoms with Crippen molar-refractivity contribution in [2.45, 2.75) is 13.8 Å². The fourth-order valence-electron chi connectivity index (χ4n) is 0. The summed E-state index contributed by atoms with van der Waals surface area (Å²) in [6.45, 7) is 20.6. The first-order valence-corrected chi connectivity index (χ1v) is 2.22. The molecular formula is C8H6O6Re-2. The monoisotopic (exact) mass is 385 g/mol. The molecule has 83 valence electrons. The van der Waals surface area contributed by atoms with Gasteiger partial charge in [-0.2, -0.15) is 13.8 Å². The molecule has 0 spiro atoms. The Morgan fingerprint density at radius 2 is 0.667 bits per heavy atom. The zero-order chi connectivity index (χ0) is 13.4. The summed E-state index contributed by atoms with van der Waals surface area (Å²) in [4.78, 5) is 17.4. The van der Waals surface area contributed by atoms with Crippen LogP contribution in [-0.4, -0.2) is 12.6 Å². The fraction of sp³-hybridized carbons (Fsp3) is 0.250. The predicted octanol–water partition coefficient (Wildman–Crippen LogP) is 0.0795. The molecule has 15 heavy (non-hydrogen) atoms. The molecule has 7 heteroatoms. The molecule has 0 atom stereocenters. The Hall–Kier alpha value is -1.04. The maximum absolute atomic E-state index is 8.68. The van der Waals surface area contributed by atoms with Crippen LogP contribution in [0, 0.1) is 26.6 Å². The van der Waals surface area contributed by atoms with Crippen molar-refractivity contribution in [2.24, 2.45) is 0 Å². The van der Waals surface area contributed by atoms with Crippen LogP contribution in [0.3, 0.4) is 0 Å². The summed E-state index contributed by atoms with van der Waals surface area (Å²) in [6.07, 6.45) is 3.00. The predicted molar refractivity (Wildman–Crippen MR) is 38.5 cm³/mol. The third kappa shape index (κ3) is 1450. The van der Waals surface area contributed by atoms with Gasteiger partial charge in [0.15, 0.2) is 0 Å². The Balaban J connectivity index is -0.0000000103. The van der Waals surface area contributed by atoms with E-state index >= 15 is 0 Å². The van der Waals surface area contributed by atoms with Crippen molar-refractivity contribution in [3.05, 3.63) is 26.6 Å². The van der Waals surface area contributed by atoms with E-state index in [1.54, 1.807) is 0 Å². The Labute approximate surface area is 102 Å². The van der Waals surface area contributed by atoms with Gasteiger partial charge in [-0.05, 0) is 0 Å². The van der Waals surface area contributed by atoms with Crippen molar-refractivity contribution in [2.75, 3.05) is 0 Å². The van der Waals surface area contributed by atoms with Gasteiger partial charge in [-0.25, -0.2) is 0 Å². The van der Waals surface area contributed by atoms with Crippen molar-refractivity contribution in [3.63, 3.8) is 0 Å². The van der Waals surface area contributed by atoms with Gasteiger partial charge in [-0.1, -0.05) is 0 Å². The quantitative estimate of drug-likeness (QED) is 0.435. The van der Waals surface area contributed by atoms with E-state index in [2.05, 4.69) is 26.6 Å². The maximum Gasteiger partial charge on any atom is 0 e. The molecule has 0 aromatic rings. The van der Waals surface area contributed by atoms with Gasteiger partial charge in [0.1, 0.15) is 0 Å². The van der Waals surface area contributed by atoms with Crippen LogP contribution in [0.4, 0.5) is 0 Å². The van der Waals surface area contributed by atoms with E-state index in [-0.39, 0.29) is 20.4 Å². The molecule has 0 unspecified atom stereocenters. The van der Waals surface area contributed by atoms with Crippen molar-refractivity contribution in [1.82, 2.24) is 0 Å². The fourth-order valence-corrected chi connectivity index (χ4v) is 0. The van der Waals surface area contributed by atoms with Crippen LogP contribution < -0.4 is 0 Å². The van der Waals surface area contributed by atoms with Crippen LogP contribution in [0.15, 0.2) is 0 Å². The molecule has 0 N–H and O–H groups in total. The molecule has 6 nitrogen and oxygen atoms in total. The van der Waals surface area contributed by atoms with Crippen LogP contribution in [-0.2, 0) is 48.6 Å². The molecule has 1 radical (unpaired) electrons. The van der Waals surface area contributed by atoms with Crippen molar-refractivity contribution in [3.8, 4) is 0 Å². The van der Waals surface area contributed by atoms with Gasteiger partial charge in [-0.15, -0.1) is 0 Å². The molecule has 0 aromatic carbocycles. The second-order valence-electron chi connectivity index (χ2n) is 0.408. The van der Waals surface area contributed by atoms with Gasteiger partial charge in [0, 0.05) is 20.4 Å².